The van der Waals surface area contributed by atoms with Crippen molar-refractivity contribution in [2.45, 2.75) is 13.8 Å². The zero-order valence-electron chi connectivity index (χ0n) is 10.4. The van der Waals surface area contributed by atoms with E-state index < -0.39 is 5.97 Å². The average molecular weight is 276 g/mol. The van der Waals surface area contributed by atoms with Gasteiger partial charge >= 0.3 is 5.97 Å². The first-order chi connectivity index (χ1) is 8.97. The largest absolute Gasteiger partial charge is 0.477 e. The second kappa shape index (κ2) is 5.19. The molecule has 6 heteroatoms. The van der Waals surface area contributed by atoms with Gasteiger partial charge < -0.3 is 10.4 Å². The molecule has 1 aromatic carbocycles. The molecule has 2 N–H and O–H groups in total. The Kier molecular flexibility index (Phi) is 3.62. The third kappa shape index (κ3) is 2.97. The lowest BCUT2D eigenvalue weighted by Gasteiger charge is -1.99. The van der Waals surface area contributed by atoms with Crippen molar-refractivity contribution in [3.8, 4) is 11.3 Å². The van der Waals surface area contributed by atoms with Crippen LogP contribution in [-0.2, 0) is 4.79 Å². The molecule has 0 fully saturated rings. The number of carboxylic acid groups (broad SMARTS) is 1. The predicted molar refractivity (Wildman–Crippen MR) is 73.6 cm³/mol. The number of nitrogens with zero attached hydrogens (tertiary/aromatic N) is 1. The fourth-order valence-corrected chi connectivity index (χ4v) is 2.45. The van der Waals surface area contributed by atoms with Crippen molar-refractivity contribution in [1.82, 2.24) is 4.98 Å². The van der Waals surface area contributed by atoms with Gasteiger partial charge in [0.2, 0.25) is 5.91 Å². The van der Waals surface area contributed by atoms with Crippen LogP contribution in [0.25, 0.3) is 11.3 Å². The van der Waals surface area contributed by atoms with E-state index in [-0.39, 0.29) is 10.8 Å². The van der Waals surface area contributed by atoms with E-state index in [2.05, 4.69) is 10.3 Å². The van der Waals surface area contributed by atoms with E-state index in [9.17, 15) is 14.7 Å². The second-order valence-electron chi connectivity index (χ2n) is 4.05. The van der Waals surface area contributed by atoms with Gasteiger partial charge in [-0.25, -0.2) is 9.78 Å². The molecule has 19 heavy (non-hydrogen) atoms. The molecule has 5 nitrogen and oxygen atoms in total. The summed E-state index contributed by atoms with van der Waals surface area (Å²) in [5.41, 5.74) is 2.18. The number of rotatable bonds is 3. The fraction of sp³-hybridized carbons (Fsp3) is 0.154. The number of hydrogen-bond donors (Lipinski definition) is 2. The van der Waals surface area contributed by atoms with Gasteiger partial charge in [-0.2, -0.15) is 0 Å². The summed E-state index contributed by atoms with van der Waals surface area (Å²) in [7, 11) is 0. The molecule has 1 aromatic heterocycles. The average Bonchev–Trinajstić information content (AvgIpc) is 2.73. The van der Waals surface area contributed by atoms with E-state index in [1.54, 1.807) is 0 Å². The molecular formula is C13H12N2O3S. The molecule has 0 aliphatic rings. The predicted octanol–water partition coefficient (Wildman–Crippen LogP) is 2.78. The van der Waals surface area contributed by atoms with Crippen LogP contribution in [0.5, 0.6) is 0 Å². The lowest BCUT2D eigenvalue weighted by Crippen LogP contribution is -2.04. The molecule has 0 radical (unpaired) electrons. The molecule has 0 spiro atoms. The van der Waals surface area contributed by atoms with Crippen LogP contribution < -0.4 is 5.32 Å². The Labute approximate surface area is 113 Å². The van der Waals surface area contributed by atoms with Crippen molar-refractivity contribution in [3.63, 3.8) is 0 Å². The van der Waals surface area contributed by atoms with Crippen molar-refractivity contribution in [3.05, 3.63) is 34.7 Å². The van der Waals surface area contributed by atoms with Gasteiger partial charge in [0, 0.05) is 12.5 Å². The Morgan fingerprint density at radius 3 is 2.42 bits per heavy atom. The minimum Gasteiger partial charge on any atom is -0.477 e. The van der Waals surface area contributed by atoms with E-state index in [0.717, 1.165) is 22.5 Å². The van der Waals surface area contributed by atoms with Gasteiger partial charge in [-0.3, -0.25) is 4.79 Å². The number of amides is 1. The zero-order valence-corrected chi connectivity index (χ0v) is 11.2. The topological polar surface area (TPSA) is 79.3 Å². The first kappa shape index (κ1) is 13.2. The molecule has 0 unspecified atom stereocenters. The summed E-state index contributed by atoms with van der Waals surface area (Å²) < 4.78 is 0. The number of aromatic carboxylic acids is 1. The Bertz CT molecular complexity index is 632. The van der Waals surface area contributed by atoms with Crippen LogP contribution in [0.1, 0.15) is 22.2 Å². The van der Waals surface area contributed by atoms with Crippen molar-refractivity contribution >= 4 is 28.3 Å². The summed E-state index contributed by atoms with van der Waals surface area (Å²) in [6.45, 7) is 3.30. The molecule has 0 atom stereocenters. The van der Waals surface area contributed by atoms with Gasteiger partial charge in [0.25, 0.3) is 0 Å². The fourth-order valence-electron chi connectivity index (χ4n) is 1.58. The lowest BCUT2D eigenvalue weighted by atomic mass is 10.1. The molecule has 2 rings (SSSR count). The maximum atomic E-state index is 11.2. The zero-order chi connectivity index (χ0) is 14.0. The maximum absolute atomic E-state index is 11.2. The summed E-state index contributed by atoms with van der Waals surface area (Å²) in [4.78, 5) is 26.5. The quantitative estimate of drug-likeness (QED) is 0.903. The summed E-state index contributed by atoms with van der Waals surface area (Å²) >= 11 is 0.952. The number of carbonyl (C=O) groups excluding carboxylic acids is 1. The first-order valence-electron chi connectivity index (χ1n) is 5.56. The SMILES string of the molecule is CC(=O)Nc1nc(-c2ccc(C)cc2)c(C(=O)O)s1. The number of anilines is 1. The maximum Gasteiger partial charge on any atom is 0.348 e. The summed E-state index contributed by atoms with van der Waals surface area (Å²) in [5, 5.41) is 12.0. The third-order valence-corrected chi connectivity index (χ3v) is 3.39. The molecule has 0 aliphatic heterocycles. The number of hydrogen-bond acceptors (Lipinski definition) is 4. The molecule has 1 heterocycles. The van der Waals surface area contributed by atoms with E-state index in [1.807, 2.05) is 31.2 Å². The highest BCUT2D eigenvalue weighted by Crippen LogP contribution is 2.31. The van der Waals surface area contributed by atoms with E-state index in [4.69, 9.17) is 0 Å². The number of thiazole rings is 1. The highest BCUT2D eigenvalue weighted by atomic mass is 32.1. The third-order valence-electron chi connectivity index (χ3n) is 2.43. The van der Waals surface area contributed by atoms with E-state index in [0.29, 0.717) is 10.8 Å². The number of carbonyl (C=O) groups is 2. The number of carboxylic acids is 1. The van der Waals surface area contributed by atoms with Gasteiger partial charge in [-0.1, -0.05) is 41.2 Å². The molecule has 2 aromatic rings. The van der Waals surface area contributed by atoms with Crippen LogP contribution >= 0.6 is 11.3 Å². The van der Waals surface area contributed by atoms with Crippen LogP contribution in [0.15, 0.2) is 24.3 Å². The highest BCUT2D eigenvalue weighted by Gasteiger charge is 2.19. The van der Waals surface area contributed by atoms with Gasteiger partial charge in [-0.15, -0.1) is 0 Å². The van der Waals surface area contributed by atoms with Crippen LogP contribution in [0.4, 0.5) is 5.13 Å². The Morgan fingerprint density at radius 1 is 1.26 bits per heavy atom. The Hall–Kier alpha value is -2.21. The molecule has 0 saturated carbocycles. The van der Waals surface area contributed by atoms with Crippen molar-refractivity contribution in [1.29, 1.82) is 0 Å². The Morgan fingerprint density at radius 2 is 1.89 bits per heavy atom. The molecule has 98 valence electrons. The van der Waals surface area contributed by atoms with Crippen molar-refractivity contribution < 1.29 is 14.7 Å². The Balaban J connectivity index is 2.48. The standard InChI is InChI=1S/C13H12N2O3S/c1-7-3-5-9(6-4-7)10-11(12(17)18)19-13(15-10)14-8(2)16/h3-6H,1-2H3,(H,17,18)(H,14,15,16). The van der Waals surface area contributed by atoms with Crippen LogP contribution in [0, 0.1) is 6.92 Å². The van der Waals surface area contributed by atoms with Gasteiger partial charge in [0.15, 0.2) is 5.13 Å². The number of nitrogens with one attached hydrogen (secondary N) is 1. The second-order valence-corrected chi connectivity index (χ2v) is 5.05. The normalized spacial score (nSPS) is 10.2. The van der Waals surface area contributed by atoms with E-state index >= 15 is 0 Å². The summed E-state index contributed by atoms with van der Waals surface area (Å²) in [5.74, 6) is -1.33. The molecular weight excluding hydrogens is 264 g/mol. The monoisotopic (exact) mass is 276 g/mol. The molecule has 0 aliphatic carbocycles. The van der Waals surface area contributed by atoms with Gasteiger partial charge in [0.1, 0.15) is 4.88 Å². The molecule has 0 saturated heterocycles. The number of aryl methyl sites for hydroxylation is 1. The highest BCUT2D eigenvalue weighted by molar-refractivity contribution is 7.18. The van der Waals surface area contributed by atoms with Crippen molar-refractivity contribution in [2.24, 2.45) is 0 Å². The van der Waals surface area contributed by atoms with Gasteiger partial charge in [-0.05, 0) is 6.92 Å². The van der Waals surface area contributed by atoms with Gasteiger partial charge in [0.05, 0.1) is 5.69 Å². The minimum absolute atomic E-state index is 0.118. The van der Waals surface area contributed by atoms with Crippen LogP contribution in [0.2, 0.25) is 0 Å². The minimum atomic E-state index is -1.05. The van der Waals surface area contributed by atoms with Crippen molar-refractivity contribution in [2.75, 3.05) is 5.32 Å². The smallest absolute Gasteiger partial charge is 0.348 e. The summed E-state index contributed by atoms with van der Waals surface area (Å²) in [6.07, 6.45) is 0. The number of aromatic nitrogens is 1. The molecule has 0 bridgehead atoms. The summed E-state index contributed by atoms with van der Waals surface area (Å²) in [6, 6.07) is 7.40. The first-order valence-corrected chi connectivity index (χ1v) is 6.38. The van der Waals surface area contributed by atoms with Crippen LogP contribution in [0.3, 0.4) is 0 Å². The van der Waals surface area contributed by atoms with Crippen LogP contribution in [-0.4, -0.2) is 22.0 Å². The number of benzene rings is 1. The molecule has 1 amide bonds. The lowest BCUT2D eigenvalue weighted by molar-refractivity contribution is -0.114. The van der Waals surface area contributed by atoms with E-state index in [1.165, 1.54) is 6.92 Å².